The molecule has 0 heterocycles. The molecular weight excluding hydrogens is 256 g/mol. The van der Waals surface area contributed by atoms with E-state index in [1.807, 2.05) is 30.3 Å². The first-order chi connectivity index (χ1) is 7.20. The number of phenols is 2. The van der Waals surface area contributed by atoms with Gasteiger partial charge in [-0.15, -0.1) is 0 Å². The molecule has 0 amide bonds. The average molecular weight is 265 g/mol. The molecule has 0 fully saturated rings. The second-order valence-corrected chi connectivity index (χ2v) is 4.01. The van der Waals surface area contributed by atoms with Gasteiger partial charge < -0.3 is 10.2 Å². The van der Waals surface area contributed by atoms with Gasteiger partial charge in [0, 0.05) is 5.56 Å². The van der Waals surface area contributed by atoms with Gasteiger partial charge >= 0.3 is 0 Å². The van der Waals surface area contributed by atoms with Gasteiger partial charge in [0.2, 0.25) is 0 Å². The van der Waals surface area contributed by atoms with E-state index in [9.17, 15) is 10.2 Å². The number of phenolic OH excluding ortho intramolecular Hbond substituents is 2. The minimum Gasteiger partial charge on any atom is -0.504 e. The molecule has 0 aliphatic carbocycles. The maximum Gasteiger partial charge on any atom is 0.172 e. The lowest BCUT2D eigenvalue weighted by Gasteiger charge is -2.07. The third-order valence-electron chi connectivity index (χ3n) is 2.19. The van der Waals surface area contributed by atoms with Gasteiger partial charge in [-0.25, -0.2) is 0 Å². The minimum atomic E-state index is -0.128. The van der Waals surface area contributed by atoms with Crippen molar-refractivity contribution in [3.8, 4) is 22.6 Å². The van der Waals surface area contributed by atoms with Crippen LogP contribution in [-0.4, -0.2) is 10.2 Å². The summed E-state index contributed by atoms with van der Waals surface area (Å²) < 4.78 is 0.486. The molecule has 2 nitrogen and oxygen atoms in total. The highest BCUT2D eigenvalue weighted by Crippen LogP contribution is 2.40. The van der Waals surface area contributed by atoms with E-state index in [-0.39, 0.29) is 11.5 Å². The van der Waals surface area contributed by atoms with E-state index >= 15 is 0 Å². The van der Waals surface area contributed by atoms with E-state index in [0.717, 1.165) is 5.56 Å². The van der Waals surface area contributed by atoms with E-state index < -0.39 is 0 Å². The molecule has 0 spiro atoms. The van der Waals surface area contributed by atoms with Gasteiger partial charge in [-0.3, -0.25) is 0 Å². The fourth-order valence-corrected chi connectivity index (χ4v) is 1.73. The molecule has 0 saturated carbocycles. The summed E-state index contributed by atoms with van der Waals surface area (Å²) >= 11 is 3.14. The Morgan fingerprint density at radius 1 is 0.800 bits per heavy atom. The highest BCUT2D eigenvalue weighted by Gasteiger charge is 2.10. The van der Waals surface area contributed by atoms with Crippen LogP contribution in [0.4, 0.5) is 0 Å². The van der Waals surface area contributed by atoms with Crippen molar-refractivity contribution in [3.63, 3.8) is 0 Å². The predicted molar refractivity (Wildman–Crippen MR) is 62.9 cm³/mol. The zero-order valence-corrected chi connectivity index (χ0v) is 9.40. The van der Waals surface area contributed by atoms with Crippen LogP contribution in [0.25, 0.3) is 11.1 Å². The van der Waals surface area contributed by atoms with Crippen molar-refractivity contribution in [2.75, 3.05) is 0 Å². The largest absolute Gasteiger partial charge is 0.504 e. The van der Waals surface area contributed by atoms with Gasteiger partial charge in [0.25, 0.3) is 0 Å². The minimum absolute atomic E-state index is 0.101. The molecule has 2 aromatic carbocycles. The molecular formula is C12H9BrO2. The molecule has 0 unspecified atom stereocenters. The first-order valence-corrected chi connectivity index (χ1v) is 5.25. The Morgan fingerprint density at radius 3 is 2.13 bits per heavy atom. The van der Waals surface area contributed by atoms with Gasteiger partial charge in [0.05, 0.1) is 4.47 Å². The van der Waals surface area contributed by atoms with Crippen molar-refractivity contribution < 1.29 is 10.2 Å². The van der Waals surface area contributed by atoms with Crippen LogP contribution in [0.5, 0.6) is 11.5 Å². The number of halogens is 1. The molecule has 0 bridgehead atoms. The fourth-order valence-electron chi connectivity index (χ4n) is 1.41. The molecule has 0 atom stereocenters. The number of hydrogen-bond donors (Lipinski definition) is 2. The summed E-state index contributed by atoms with van der Waals surface area (Å²) in [6, 6.07) is 12.9. The van der Waals surface area contributed by atoms with Gasteiger partial charge in [0.15, 0.2) is 11.5 Å². The Balaban J connectivity index is 2.60. The first-order valence-electron chi connectivity index (χ1n) is 4.46. The van der Waals surface area contributed by atoms with Crippen LogP contribution in [-0.2, 0) is 0 Å². The maximum absolute atomic E-state index is 9.75. The van der Waals surface area contributed by atoms with Crippen molar-refractivity contribution in [1.29, 1.82) is 0 Å². The van der Waals surface area contributed by atoms with Crippen LogP contribution in [0.2, 0.25) is 0 Å². The van der Waals surface area contributed by atoms with Crippen molar-refractivity contribution in [2.45, 2.75) is 0 Å². The van der Waals surface area contributed by atoms with Gasteiger partial charge in [0.1, 0.15) is 0 Å². The van der Waals surface area contributed by atoms with E-state index in [1.54, 1.807) is 12.1 Å². The Bertz CT molecular complexity index is 480. The van der Waals surface area contributed by atoms with Crippen LogP contribution < -0.4 is 0 Å². The van der Waals surface area contributed by atoms with Crippen LogP contribution in [0.1, 0.15) is 0 Å². The smallest absolute Gasteiger partial charge is 0.172 e. The molecule has 0 saturated heterocycles. The lowest BCUT2D eigenvalue weighted by molar-refractivity contribution is 0.403. The van der Waals surface area contributed by atoms with Crippen molar-refractivity contribution in [2.24, 2.45) is 0 Å². The summed E-state index contributed by atoms with van der Waals surface area (Å²) in [5.41, 5.74) is 1.49. The molecule has 0 aliphatic rings. The van der Waals surface area contributed by atoms with E-state index in [2.05, 4.69) is 15.9 Å². The predicted octanol–water partition coefficient (Wildman–Crippen LogP) is 3.53. The standard InChI is InChI=1S/C12H9BrO2/c13-10-7-6-9(11(14)12(10)15)8-4-2-1-3-5-8/h1-7,14-15H. The van der Waals surface area contributed by atoms with Crippen LogP contribution >= 0.6 is 15.9 Å². The molecule has 2 N–H and O–H groups in total. The lowest BCUT2D eigenvalue weighted by Crippen LogP contribution is -1.80. The molecule has 76 valence electrons. The molecule has 0 radical (unpaired) electrons. The van der Waals surface area contributed by atoms with Gasteiger partial charge in [-0.2, -0.15) is 0 Å². The number of hydrogen-bond acceptors (Lipinski definition) is 2. The van der Waals surface area contributed by atoms with E-state index in [0.29, 0.717) is 10.0 Å². The van der Waals surface area contributed by atoms with Crippen molar-refractivity contribution in [1.82, 2.24) is 0 Å². The maximum atomic E-state index is 9.75. The SMILES string of the molecule is Oc1c(Br)ccc(-c2ccccc2)c1O. The molecule has 0 aromatic heterocycles. The molecule has 15 heavy (non-hydrogen) atoms. The van der Waals surface area contributed by atoms with Crippen LogP contribution in [0, 0.1) is 0 Å². The molecule has 2 rings (SSSR count). The molecule has 2 aromatic rings. The van der Waals surface area contributed by atoms with Crippen LogP contribution in [0.15, 0.2) is 46.9 Å². The lowest BCUT2D eigenvalue weighted by atomic mass is 10.0. The summed E-state index contributed by atoms with van der Waals surface area (Å²) in [5, 5.41) is 19.3. The first kappa shape index (κ1) is 10.1. The number of rotatable bonds is 1. The summed E-state index contributed by atoms with van der Waals surface area (Å²) in [4.78, 5) is 0. The summed E-state index contributed by atoms with van der Waals surface area (Å²) in [6.07, 6.45) is 0. The summed E-state index contributed by atoms with van der Waals surface area (Å²) in [5.74, 6) is -0.230. The number of aromatic hydroxyl groups is 2. The quantitative estimate of drug-likeness (QED) is 0.774. The van der Waals surface area contributed by atoms with Gasteiger partial charge in [-0.05, 0) is 33.6 Å². The topological polar surface area (TPSA) is 40.5 Å². The van der Waals surface area contributed by atoms with Crippen molar-refractivity contribution >= 4 is 15.9 Å². The Kier molecular flexibility index (Phi) is 2.64. The summed E-state index contributed by atoms with van der Waals surface area (Å²) in [6.45, 7) is 0. The zero-order chi connectivity index (χ0) is 10.8. The normalized spacial score (nSPS) is 10.2. The Morgan fingerprint density at radius 2 is 1.47 bits per heavy atom. The molecule has 0 aliphatic heterocycles. The Labute approximate surface area is 95.9 Å². The zero-order valence-electron chi connectivity index (χ0n) is 7.81. The average Bonchev–Trinajstić information content (AvgIpc) is 2.27. The second kappa shape index (κ2) is 3.95. The highest BCUT2D eigenvalue weighted by atomic mass is 79.9. The summed E-state index contributed by atoms with van der Waals surface area (Å²) in [7, 11) is 0. The third kappa shape index (κ3) is 1.83. The monoisotopic (exact) mass is 264 g/mol. The van der Waals surface area contributed by atoms with Crippen LogP contribution in [0.3, 0.4) is 0 Å². The number of benzene rings is 2. The Hall–Kier alpha value is -1.48. The van der Waals surface area contributed by atoms with Gasteiger partial charge in [-0.1, -0.05) is 30.3 Å². The van der Waals surface area contributed by atoms with Crippen molar-refractivity contribution in [3.05, 3.63) is 46.9 Å². The second-order valence-electron chi connectivity index (χ2n) is 3.16. The highest BCUT2D eigenvalue weighted by molar-refractivity contribution is 9.10. The van der Waals surface area contributed by atoms with E-state index in [1.165, 1.54) is 0 Å². The third-order valence-corrected chi connectivity index (χ3v) is 2.83. The fraction of sp³-hybridized carbons (Fsp3) is 0. The van der Waals surface area contributed by atoms with E-state index in [4.69, 9.17) is 0 Å². The molecule has 3 heteroatoms.